The topological polar surface area (TPSA) is 50.4 Å². The van der Waals surface area contributed by atoms with Gasteiger partial charge in [-0.2, -0.15) is 0 Å². The molecule has 1 saturated heterocycles. The number of amides is 1. The number of anilines is 1. The molecule has 1 aromatic carbocycles. The minimum absolute atomic E-state index is 0.0348. The van der Waals surface area contributed by atoms with Crippen LogP contribution in [0.2, 0.25) is 0 Å². The molecule has 1 aliphatic rings. The molecule has 110 valence electrons. The maximum absolute atomic E-state index is 13.4. The van der Waals surface area contributed by atoms with Crippen LogP contribution in [-0.2, 0) is 4.79 Å². The van der Waals surface area contributed by atoms with E-state index in [9.17, 15) is 9.18 Å². The maximum Gasteiger partial charge on any atom is 0.228 e. The molecule has 0 aliphatic carbocycles. The Bertz CT molecular complexity index is 471. The van der Waals surface area contributed by atoms with Gasteiger partial charge >= 0.3 is 0 Å². The number of halogens is 1. The van der Waals surface area contributed by atoms with Gasteiger partial charge in [0.1, 0.15) is 11.6 Å². The highest BCUT2D eigenvalue weighted by Crippen LogP contribution is 2.27. The lowest BCUT2D eigenvalue weighted by Crippen LogP contribution is -2.37. The molecule has 0 radical (unpaired) electrons. The lowest BCUT2D eigenvalue weighted by molar-refractivity contribution is -0.120. The van der Waals surface area contributed by atoms with Crippen molar-refractivity contribution in [3.05, 3.63) is 24.0 Å². The fraction of sp³-hybridized carbons (Fsp3) is 0.533. The molecule has 0 spiro atoms. The molecule has 1 aromatic rings. The van der Waals surface area contributed by atoms with Crippen molar-refractivity contribution in [3.63, 3.8) is 0 Å². The SMILES string of the molecule is CC(C)Oc1ccc(F)cc1NC(=O)C1CCCNC1. The molecular formula is C15H21FN2O2. The number of hydrogen-bond acceptors (Lipinski definition) is 3. The molecule has 5 heteroatoms. The molecule has 2 rings (SSSR count). The zero-order valence-electron chi connectivity index (χ0n) is 11.9. The van der Waals surface area contributed by atoms with E-state index in [-0.39, 0.29) is 17.9 Å². The van der Waals surface area contributed by atoms with Gasteiger partial charge in [0, 0.05) is 12.6 Å². The summed E-state index contributed by atoms with van der Waals surface area (Å²) in [6, 6.07) is 4.17. The van der Waals surface area contributed by atoms with Gasteiger partial charge in [0.05, 0.1) is 17.7 Å². The van der Waals surface area contributed by atoms with E-state index in [1.807, 2.05) is 13.8 Å². The zero-order chi connectivity index (χ0) is 14.5. The number of hydrogen-bond donors (Lipinski definition) is 2. The van der Waals surface area contributed by atoms with E-state index in [0.717, 1.165) is 19.4 Å². The molecule has 0 aromatic heterocycles. The summed E-state index contributed by atoms with van der Waals surface area (Å²) >= 11 is 0. The number of carbonyl (C=O) groups is 1. The second-order valence-electron chi connectivity index (χ2n) is 5.34. The standard InChI is InChI=1S/C15H21FN2O2/c1-10(2)20-14-6-5-12(16)8-13(14)18-15(19)11-4-3-7-17-9-11/h5-6,8,10-11,17H,3-4,7,9H2,1-2H3,(H,18,19). The number of rotatable bonds is 4. The van der Waals surface area contributed by atoms with Crippen LogP contribution in [0.1, 0.15) is 26.7 Å². The smallest absolute Gasteiger partial charge is 0.228 e. The number of nitrogens with one attached hydrogen (secondary N) is 2. The predicted octanol–water partition coefficient (Wildman–Crippen LogP) is 2.55. The molecule has 1 unspecified atom stereocenters. The normalized spacial score (nSPS) is 18.9. The first-order valence-electron chi connectivity index (χ1n) is 7.04. The Kier molecular flexibility index (Phi) is 4.95. The third-order valence-electron chi connectivity index (χ3n) is 3.23. The average molecular weight is 280 g/mol. The number of carbonyl (C=O) groups excluding carboxylic acids is 1. The third-order valence-corrected chi connectivity index (χ3v) is 3.23. The van der Waals surface area contributed by atoms with Crippen LogP contribution < -0.4 is 15.4 Å². The van der Waals surface area contributed by atoms with Crippen LogP contribution >= 0.6 is 0 Å². The first-order chi connectivity index (χ1) is 9.56. The van der Waals surface area contributed by atoms with Crippen molar-refractivity contribution in [1.82, 2.24) is 5.32 Å². The van der Waals surface area contributed by atoms with Crippen molar-refractivity contribution in [2.45, 2.75) is 32.8 Å². The van der Waals surface area contributed by atoms with Crippen LogP contribution in [-0.4, -0.2) is 25.1 Å². The quantitative estimate of drug-likeness (QED) is 0.891. The van der Waals surface area contributed by atoms with Crippen molar-refractivity contribution in [2.24, 2.45) is 5.92 Å². The Morgan fingerprint density at radius 1 is 1.50 bits per heavy atom. The highest BCUT2D eigenvalue weighted by Gasteiger charge is 2.22. The van der Waals surface area contributed by atoms with Crippen LogP contribution in [0.25, 0.3) is 0 Å². The summed E-state index contributed by atoms with van der Waals surface area (Å²) in [5.74, 6) is -0.0491. The van der Waals surface area contributed by atoms with E-state index in [0.29, 0.717) is 18.0 Å². The van der Waals surface area contributed by atoms with Gasteiger partial charge in [-0.15, -0.1) is 0 Å². The summed E-state index contributed by atoms with van der Waals surface area (Å²) < 4.78 is 18.9. The van der Waals surface area contributed by atoms with Gasteiger partial charge in [-0.25, -0.2) is 4.39 Å². The van der Waals surface area contributed by atoms with Gasteiger partial charge in [-0.1, -0.05) is 0 Å². The van der Waals surface area contributed by atoms with Gasteiger partial charge in [0.15, 0.2) is 0 Å². The lowest BCUT2D eigenvalue weighted by Gasteiger charge is -2.23. The highest BCUT2D eigenvalue weighted by molar-refractivity contribution is 5.94. The summed E-state index contributed by atoms with van der Waals surface area (Å²) in [4.78, 5) is 12.2. The summed E-state index contributed by atoms with van der Waals surface area (Å²) in [5.41, 5.74) is 0.397. The second-order valence-corrected chi connectivity index (χ2v) is 5.34. The fourth-order valence-electron chi connectivity index (χ4n) is 2.27. The van der Waals surface area contributed by atoms with E-state index in [1.165, 1.54) is 12.1 Å². The highest BCUT2D eigenvalue weighted by atomic mass is 19.1. The second kappa shape index (κ2) is 6.70. The largest absolute Gasteiger partial charge is 0.489 e. The summed E-state index contributed by atoms with van der Waals surface area (Å²) in [6.45, 7) is 5.40. The van der Waals surface area contributed by atoms with Crippen LogP contribution in [0, 0.1) is 11.7 Å². The lowest BCUT2D eigenvalue weighted by atomic mass is 9.99. The number of benzene rings is 1. The Morgan fingerprint density at radius 2 is 2.30 bits per heavy atom. The molecule has 1 amide bonds. The van der Waals surface area contributed by atoms with Gasteiger partial charge in [0.25, 0.3) is 0 Å². The molecule has 0 saturated carbocycles. The summed E-state index contributed by atoms with van der Waals surface area (Å²) in [6.07, 6.45) is 1.80. The number of ether oxygens (including phenoxy) is 1. The van der Waals surface area contributed by atoms with Gasteiger partial charge in [-0.3, -0.25) is 4.79 Å². The Balaban J connectivity index is 2.10. The van der Waals surface area contributed by atoms with E-state index < -0.39 is 5.82 Å². The van der Waals surface area contributed by atoms with Crippen LogP contribution in [0.3, 0.4) is 0 Å². The molecule has 0 bridgehead atoms. The van der Waals surface area contributed by atoms with Crippen LogP contribution in [0.15, 0.2) is 18.2 Å². The molecule has 1 fully saturated rings. The minimum atomic E-state index is -0.391. The summed E-state index contributed by atoms with van der Waals surface area (Å²) in [5, 5.41) is 5.98. The molecule has 1 heterocycles. The number of piperidine rings is 1. The Morgan fingerprint density at radius 3 is 2.95 bits per heavy atom. The van der Waals surface area contributed by atoms with Crippen molar-refractivity contribution in [1.29, 1.82) is 0 Å². The summed E-state index contributed by atoms with van der Waals surface area (Å²) in [7, 11) is 0. The zero-order valence-corrected chi connectivity index (χ0v) is 11.9. The van der Waals surface area contributed by atoms with Crippen molar-refractivity contribution in [3.8, 4) is 5.75 Å². The Labute approximate surface area is 118 Å². The van der Waals surface area contributed by atoms with E-state index in [2.05, 4.69) is 10.6 Å². The molecule has 4 nitrogen and oxygen atoms in total. The molecule has 1 aliphatic heterocycles. The maximum atomic E-state index is 13.4. The first kappa shape index (κ1) is 14.8. The Hall–Kier alpha value is -1.62. The molecule has 1 atom stereocenters. The van der Waals surface area contributed by atoms with Crippen molar-refractivity contribution >= 4 is 11.6 Å². The third kappa shape index (κ3) is 3.93. The van der Waals surface area contributed by atoms with E-state index in [4.69, 9.17) is 4.74 Å². The van der Waals surface area contributed by atoms with E-state index in [1.54, 1.807) is 6.07 Å². The molecular weight excluding hydrogens is 259 g/mol. The minimum Gasteiger partial charge on any atom is -0.489 e. The van der Waals surface area contributed by atoms with Crippen LogP contribution in [0.5, 0.6) is 5.75 Å². The van der Waals surface area contributed by atoms with Crippen LogP contribution in [0.4, 0.5) is 10.1 Å². The monoisotopic (exact) mass is 280 g/mol. The van der Waals surface area contributed by atoms with Gasteiger partial charge in [0.2, 0.25) is 5.91 Å². The predicted molar refractivity (Wildman–Crippen MR) is 76.4 cm³/mol. The van der Waals surface area contributed by atoms with Gasteiger partial charge in [-0.05, 0) is 45.4 Å². The first-order valence-corrected chi connectivity index (χ1v) is 7.04. The van der Waals surface area contributed by atoms with Crippen molar-refractivity contribution < 1.29 is 13.9 Å². The average Bonchev–Trinajstić information content (AvgIpc) is 2.42. The molecule has 2 N–H and O–H groups in total. The van der Waals surface area contributed by atoms with Crippen molar-refractivity contribution in [2.75, 3.05) is 18.4 Å². The molecule has 20 heavy (non-hydrogen) atoms. The fourth-order valence-corrected chi connectivity index (χ4v) is 2.27. The van der Waals surface area contributed by atoms with E-state index >= 15 is 0 Å². The van der Waals surface area contributed by atoms with Gasteiger partial charge < -0.3 is 15.4 Å².